The van der Waals surface area contributed by atoms with E-state index in [9.17, 15) is 0 Å². The largest absolute Gasteiger partial charge is 0.312 e. The number of nitrogens with zero attached hydrogens (tertiary/aromatic N) is 1. The lowest BCUT2D eigenvalue weighted by Crippen LogP contribution is -2.27. The van der Waals surface area contributed by atoms with E-state index in [2.05, 4.69) is 29.3 Å². The van der Waals surface area contributed by atoms with E-state index in [-0.39, 0.29) is 0 Å². The van der Waals surface area contributed by atoms with Gasteiger partial charge in [0.2, 0.25) is 0 Å². The van der Waals surface area contributed by atoms with Crippen LogP contribution in [0.15, 0.2) is 12.1 Å². The van der Waals surface area contributed by atoms with Crippen molar-refractivity contribution in [1.82, 2.24) is 10.2 Å². The van der Waals surface area contributed by atoms with Gasteiger partial charge in [-0.15, -0.1) is 11.3 Å². The van der Waals surface area contributed by atoms with Crippen LogP contribution in [-0.2, 0) is 13.1 Å². The van der Waals surface area contributed by atoms with Gasteiger partial charge in [-0.2, -0.15) is 0 Å². The molecule has 100 valence electrons. The van der Waals surface area contributed by atoms with Gasteiger partial charge in [-0.1, -0.05) is 6.92 Å². The van der Waals surface area contributed by atoms with Crippen molar-refractivity contribution in [2.24, 2.45) is 5.92 Å². The van der Waals surface area contributed by atoms with Crippen molar-refractivity contribution in [3.8, 4) is 0 Å². The van der Waals surface area contributed by atoms with E-state index >= 15 is 0 Å². The molecule has 2 fully saturated rings. The maximum Gasteiger partial charge on any atom is 0.0331 e. The number of hydrogen-bond acceptors (Lipinski definition) is 3. The molecule has 0 saturated heterocycles. The average Bonchev–Trinajstić information content (AvgIpc) is 3.26. The molecule has 0 amide bonds. The number of thiophene rings is 1. The van der Waals surface area contributed by atoms with Gasteiger partial charge in [0.05, 0.1) is 0 Å². The summed E-state index contributed by atoms with van der Waals surface area (Å²) >= 11 is 1.99. The third-order valence-corrected chi connectivity index (χ3v) is 4.95. The summed E-state index contributed by atoms with van der Waals surface area (Å²) in [5, 5.41) is 3.41. The summed E-state index contributed by atoms with van der Waals surface area (Å²) in [5.74, 6) is 1.02. The van der Waals surface area contributed by atoms with Gasteiger partial charge in [0, 0.05) is 35.4 Å². The van der Waals surface area contributed by atoms with Crippen LogP contribution in [0.4, 0.5) is 0 Å². The van der Waals surface area contributed by atoms with Gasteiger partial charge in [0.15, 0.2) is 0 Å². The summed E-state index contributed by atoms with van der Waals surface area (Å²) in [6, 6.07) is 5.54. The Kier molecular flexibility index (Phi) is 4.02. The second-order valence-electron chi connectivity index (χ2n) is 5.75. The molecule has 2 nitrogen and oxygen atoms in total. The van der Waals surface area contributed by atoms with Gasteiger partial charge in [-0.05, 0) is 50.3 Å². The predicted molar refractivity (Wildman–Crippen MR) is 77.9 cm³/mol. The fourth-order valence-corrected chi connectivity index (χ4v) is 3.48. The van der Waals surface area contributed by atoms with Gasteiger partial charge in [0.25, 0.3) is 0 Å². The third-order valence-electron chi connectivity index (χ3n) is 3.88. The summed E-state index contributed by atoms with van der Waals surface area (Å²) in [6.45, 7) is 6.80. The van der Waals surface area contributed by atoms with Crippen LogP contribution in [0.5, 0.6) is 0 Å². The smallest absolute Gasteiger partial charge is 0.0331 e. The average molecular weight is 264 g/mol. The number of nitrogens with one attached hydrogen (secondary N) is 1. The first-order chi connectivity index (χ1) is 8.85. The zero-order valence-electron chi connectivity index (χ0n) is 11.3. The predicted octanol–water partition coefficient (Wildman–Crippen LogP) is 3.23. The molecule has 1 heterocycles. The minimum Gasteiger partial charge on any atom is -0.312 e. The first kappa shape index (κ1) is 12.6. The van der Waals surface area contributed by atoms with Gasteiger partial charge in [-0.25, -0.2) is 0 Å². The van der Waals surface area contributed by atoms with Crippen LogP contribution in [0.25, 0.3) is 0 Å². The lowest BCUT2D eigenvalue weighted by Gasteiger charge is -2.20. The van der Waals surface area contributed by atoms with Crippen molar-refractivity contribution in [2.75, 3.05) is 13.1 Å². The highest BCUT2D eigenvalue weighted by molar-refractivity contribution is 7.11. The Labute approximate surface area is 114 Å². The van der Waals surface area contributed by atoms with Crippen LogP contribution >= 0.6 is 11.3 Å². The van der Waals surface area contributed by atoms with Crippen LogP contribution < -0.4 is 5.32 Å². The molecule has 0 unspecified atom stereocenters. The van der Waals surface area contributed by atoms with E-state index < -0.39 is 0 Å². The lowest BCUT2D eigenvalue weighted by molar-refractivity contribution is 0.246. The van der Waals surface area contributed by atoms with Crippen molar-refractivity contribution in [1.29, 1.82) is 0 Å². The summed E-state index contributed by atoms with van der Waals surface area (Å²) in [5.41, 5.74) is 0. The molecule has 0 bridgehead atoms. The van der Waals surface area contributed by atoms with E-state index in [0.29, 0.717) is 0 Å². The Morgan fingerprint density at radius 1 is 1.22 bits per heavy atom. The number of hydrogen-bond donors (Lipinski definition) is 1. The molecule has 1 N–H and O–H groups in total. The lowest BCUT2D eigenvalue weighted by atomic mass is 10.3. The molecule has 0 radical (unpaired) electrons. The van der Waals surface area contributed by atoms with Crippen molar-refractivity contribution < 1.29 is 0 Å². The Hall–Kier alpha value is -0.380. The van der Waals surface area contributed by atoms with Crippen molar-refractivity contribution in [3.63, 3.8) is 0 Å². The second kappa shape index (κ2) is 5.72. The molecule has 1 aromatic rings. The SMILES string of the molecule is CCNCc1ccc(CN(CC2CC2)C2CC2)s1. The Morgan fingerprint density at radius 3 is 2.67 bits per heavy atom. The first-order valence-electron chi connectivity index (χ1n) is 7.37. The fourth-order valence-electron chi connectivity index (χ4n) is 2.47. The van der Waals surface area contributed by atoms with Gasteiger partial charge in [0.1, 0.15) is 0 Å². The van der Waals surface area contributed by atoms with Crippen LogP contribution in [0.2, 0.25) is 0 Å². The molecule has 0 aliphatic heterocycles. The van der Waals surface area contributed by atoms with Crippen LogP contribution in [0, 0.1) is 5.92 Å². The van der Waals surface area contributed by atoms with Crippen LogP contribution in [0.1, 0.15) is 42.4 Å². The molecule has 2 saturated carbocycles. The third kappa shape index (κ3) is 3.56. The quantitative estimate of drug-likeness (QED) is 0.775. The maximum absolute atomic E-state index is 3.41. The van der Waals surface area contributed by atoms with Crippen molar-refractivity contribution in [3.05, 3.63) is 21.9 Å². The van der Waals surface area contributed by atoms with Gasteiger partial charge < -0.3 is 5.32 Å². The highest BCUT2D eigenvalue weighted by Gasteiger charge is 2.33. The summed E-state index contributed by atoms with van der Waals surface area (Å²) in [7, 11) is 0. The molecule has 18 heavy (non-hydrogen) atoms. The summed E-state index contributed by atoms with van der Waals surface area (Å²) < 4.78 is 0. The van der Waals surface area contributed by atoms with Crippen molar-refractivity contribution >= 4 is 11.3 Å². The zero-order chi connectivity index (χ0) is 12.4. The molecule has 1 aromatic heterocycles. The van der Waals surface area contributed by atoms with Crippen molar-refractivity contribution in [2.45, 2.75) is 51.7 Å². The molecule has 0 spiro atoms. The Bertz CT molecular complexity index is 380. The molecular weight excluding hydrogens is 240 g/mol. The number of rotatable bonds is 8. The minimum atomic E-state index is 0.907. The molecule has 2 aliphatic rings. The van der Waals surface area contributed by atoms with E-state index in [0.717, 1.165) is 25.0 Å². The highest BCUT2D eigenvalue weighted by Crippen LogP contribution is 2.36. The molecular formula is C15H24N2S. The topological polar surface area (TPSA) is 15.3 Å². The first-order valence-corrected chi connectivity index (χ1v) is 8.19. The molecule has 2 aliphatic carbocycles. The highest BCUT2D eigenvalue weighted by atomic mass is 32.1. The summed E-state index contributed by atoms with van der Waals surface area (Å²) in [6.07, 6.45) is 5.81. The van der Waals surface area contributed by atoms with Gasteiger partial charge >= 0.3 is 0 Å². The van der Waals surface area contributed by atoms with E-state index in [1.54, 1.807) is 4.88 Å². The standard InChI is InChI=1S/C15H24N2S/c1-2-16-9-14-7-8-15(18-14)11-17(13-5-6-13)10-12-3-4-12/h7-8,12-13,16H,2-6,9-11H2,1H3. The molecule has 3 rings (SSSR count). The molecule has 0 aromatic carbocycles. The van der Waals surface area contributed by atoms with Gasteiger partial charge in [-0.3, -0.25) is 4.90 Å². The van der Waals surface area contributed by atoms with E-state index in [4.69, 9.17) is 0 Å². The Morgan fingerprint density at radius 2 is 2.00 bits per heavy atom. The Balaban J connectivity index is 1.54. The normalized spacial score (nSPS) is 19.7. The molecule has 0 atom stereocenters. The molecule has 3 heteroatoms. The van der Waals surface area contributed by atoms with E-state index in [1.807, 2.05) is 11.3 Å². The zero-order valence-corrected chi connectivity index (χ0v) is 12.1. The minimum absolute atomic E-state index is 0.907. The second-order valence-corrected chi connectivity index (χ2v) is 7.01. The van der Waals surface area contributed by atoms with Crippen LogP contribution in [0.3, 0.4) is 0 Å². The summed E-state index contributed by atoms with van der Waals surface area (Å²) in [4.78, 5) is 5.77. The van der Waals surface area contributed by atoms with E-state index in [1.165, 1.54) is 43.6 Å². The fraction of sp³-hybridized carbons (Fsp3) is 0.733. The van der Waals surface area contributed by atoms with Crippen LogP contribution in [-0.4, -0.2) is 24.0 Å². The monoisotopic (exact) mass is 264 g/mol. The maximum atomic E-state index is 3.41.